The van der Waals surface area contributed by atoms with Crippen molar-refractivity contribution in [3.63, 3.8) is 0 Å². The number of nitro benzene ring substituents is 1. The van der Waals surface area contributed by atoms with Crippen LogP contribution in [0.1, 0.15) is 68.9 Å². The zero-order chi connectivity index (χ0) is 17.6. The number of nitrogens with zero attached hydrogens (tertiary/aromatic N) is 5. The van der Waals surface area contributed by atoms with Crippen molar-refractivity contribution in [2.24, 2.45) is 0 Å². The molecule has 1 atom stereocenters. The van der Waals surface area contributed by atoms with Crippen molar-refractivity contribution < 1.29 is 4.92 Å². The number of nitro groups is 1. The number of rotatable bonds is 7. The summed E-state index contributed by atoms with van der Waals surface area (Å²) >= 11 is 0. The number of hydrogen-bond donors (Lipinski definition) is 1. The predicted molar refractivity (Wildman–Crippen MR) is 93.2 cm³/mol. The van der Waals surface area contributed by atoms with E-state index in [9.17, 15) is 10.1 Å². The monoisotopic (exact) mass is 344 g/mol. The van der Waals surface area contributed by atoms with Crippen molar-refractivity contribution in [2.75, 3.05) is 6.54 Å². The van der Waals surface area contributed by atoms with E-state index in [1.165, 1.54) is 25.3 Å². The molecule has 1 unspecified atom stereocenters. The molecule has 0 aliphatic heterocycles. The summed E-state index contributed by atoms with van der Waals surface area (Å²) in [5.74, 6) is 0.662. The highest BCUT2D eigenvalue weighted by molar-refractivity contribution is 5.44. The Morgan fingerprint density at radius 3 is 2.80 bits per heavy atom. The minimum absolute atomic E-state index is 0.0919. The van der Waals surface area contributed by atoms with Crippen molar-refractivity contribution in [3.05, 3.63) is 45.8 Å². The maximum Gasteiger partial charge on any atom is 0.274 e. The molecule has 1 N–H and O–H groups in total. The van der Waals surface area contributed by atoms with Crippen molar-refractivity contribution >= 4 is 5.69 Å². The van der Waals surface area contributed by atoms with Crippen LogP contribution in [0.25, 0.3) is 0 Å². The minimum atomic E-state index is -0.390. The predicted octanol–water partition coefficient (Wildman–Crippen LogP) is 3.18. The zero-order valence-corrected chi connectivity index (χ0v) is 14.5. The standard InChI is InChI=1S/C17H24N6O2/c1-2-12-18-16(14-10-6-7-11-15(14)23(24)25)17-19-20-21-22(17)13-8-4-3-5-9-13/h6-7,10-11,13,16,18H,2-5,8-9,12H2,1H3. The molecule has 1 aliphatic rings. The van der Waals surface area contributed by atoms with Crippen LogP contribution >= 0.6 is 0 Å². The molecule has 134 valence electrons. The van der Waals surface area contributed by atoms with E-state index in [-0.39, 0.29) is 16.7 Å². The normalized spacial score (nSPS) is 16.7. The van der Waals surface area contributed by atoms with E-state index in [0.29, 0.717) is 11.4 Å². The summed E-state index contributed by atoms with van der Waals surface area (Å²) in [7, 11) is 0. The van der Waals surface area contributed by atoms with Gasteiger partial charge in [0.1, 0.15) is 6.04 Å². The number of nitrogens with one attached hydrogen (secondary N) is 1. The Kier molecular flexibility index (Phi) is 5.70. The van der Waals surface area contributed by atoms with Crippen molar-refractivity contribution in [2.45, 2.75) is 57.5 Å². The van der Waals surface area contributed by atoms with Gasteiger partial charge in [-0.25, -0.2) is 4.68 Å². The van der Waals surface area contributed by atoms with Crippen LogP contribution in [0.5, 0.6) is 0 Å². The summed E-state index contributed by atoms with van der Waals surface area (Å²) in [6, 6.07) is 6.70. The smallest absolute Gasteiger partial charge is 0.274 e. The van der Waals surface area contributed by atoms with Crippen LogP contribution in [0.15, 0.2) is 24.3 Å². The van der Waals surface area contributed by atoms with Crippen LogP contribution in [-0.2, 0) is 0 Å². The molecule has 0 bridgehead atoms. The number of para-hydroxylation sites is 1. The van der Waals surface area contributed by atoms with Crippen LogP contribution in [-0.4, -0.2) is 31.7 Å². The van der Waals surface area contributed by atoms with Gasteiger partial charge in [-0.3, -0.25) is 10.1 Å². The zero-order valence-electron chi connectivity index (χ0n) is 14.5. The summed E-state index contributed by atoms with van der Waals surface area (Å²) in [5.41, 5.74) is 0.696. The average molecular weight is 344 g/mol. The molecule has 8 heteroatoms. The number of hydrogen-bond acceptors (Lipinski definition) is 6. The van der Waals surface area contributed by atoms with Gasteiger partial charge in [0.25, 0.3) is 5.69 Å². The molecule has 8 nitrogen and oxygen atoms in total. The van der Waals surface area contributed by atoms with Gasteiger partial charge in [-0.2, -0.15) is 0 Å². The molecule has 0 saturated heterocycles. The third-order valence-electron chi connectivity index (χ3n) is 4.74. The number of benzene rings is 1. The van der Waals surface area contributed by atoms with Crippen LogP contribution in [0.2, 0.25) is 0 Å². The fraction of sp³-hybridized carbons (Fsp3) is 0.588. The molecule has 1 aromatic carbocycles. The number of aromatic nitrogens is 4. The minimum Gasteiger partial charge on any atom is -0.303 e. The molecular formula is C17H24N6O2. The van der Waals surface area contributed by atoms with Crippen LogP contribution in [0.4, 0.5) is 5.69 Å². The first kappa shape index (κ1) is 17.5. The first-order valence-electron chi connectivity index (χ1n) is 8.96. The Morgan fingerprint density at radius 2 is 2.08 bits per heavy atom. The molecule has 1 aromatic heterocycles. The highest BCUT2D eigenvalue weighted by atomic mass is 16.6. The second kappa shape index (κ2) is 8.15. The molecule has 0 spiro atoms. The first-order chi connectivity index (χ1) is 12.2. The van der Waals surface area contributed by atoms with E-state index in [2.05, 4.69) is 27.8 Å². The fourth-order valence-electron chi connectivity index (χ4n) is 3.50. The Labute approximate surface area is 146 Å². The van der Waals surface area contributed by atoms with Crippen molar-refractivity contribution in [3.8, 4) is 0 Å². The van der Waals surface area contributed by atoms with Crippen LogP contribution in [0, 0.1) is 10.1 Å². The third-order valence-corrected chi connectivity index (χ3v) is 4.74. The lowest BCUT2D eigenvalue weighted by molar-refractivity contribution is -0.385. The first-order valence-corrected chi connectivity index (χ1v) is 8.96. The van der Waals surface area contributed by atoms with Gasteiger partial charge in [-0.05, 0) is 36.2 Å². The van der Waals surface area contributed by atoms with Gasteiger partial charge in [-0.1, -0.05) is 44.4 Å². The Balaban J connectivity index is 2.00. The second-order valence-corrected chi connectivity index (χ2v) is 6.48. The third kappa shape index (κ3) is 3.84. The lowest BCUT2D eigenvalue weighted by Crippen LogP contribution is -2.29. The molecule has 25 heavy (non-hydrogen) atoms. The van der Waals surface area contributed by atoms with E-state index in [0.717, 1.165) is 25.8 Å². The van der Waals surface area contributed by atoms with E-state index in [1.54, 1.807) is 12.1 Å². The van der Waals surface area contributed by atoms with E-state index >= 15 is 0 Å². The van der Waals surface area contributed by atoms with Gasteiger partial charge in [0, 0.05) is 6.07 Å². The Bertz CT molecular complexity index is 711. The van der Waals surface area contributed by atoms with Gasteiger partial charge in [0.05, 0.1) is 16.5 Å². The summed E-state index contributed by atoms with van der Waals surface area (Å²) < 4.78 is 1.88. The Hall–Kier alpha value is -2.35. The lowest BCUT2D eigenvalue weighted by atomic mass is 9.95. The molecule has 2 aromatic rings. The van der Waals surface area contributed by atoms with E-state index in [4.69, 9.17) is 0 Å². The largest absolute Gasteiger partial charge is 0.303 e. The van der Waals surface area contributed by atoms with Crippen LogP contribution < -0.4 is 5.32 Å². The topological polar surface area (TPSA) is 98.8 Å². The van der Waals surface area contributed by atoms with Crippen molar-refractivity contribution in [1.29, 1.82) is 0 Å². The van der Waals surface area contributed by atoms with Crippen LogP contribution in [0.3, 0.4) is 0 Å². The molecule has 1 saturated carbocycles. The summed E-state index contributed by atoms with van der Waals surface area (Å²) in [5, 5.41) is 27.2. The van der Waals surface area contributed by atoms with Gasteiger partial charge in [-0.15, -0.1) is 5.10 Å². The van der Waals surface area contributed by atoms with Crippen molar-refractivity contribution in [1.82, 2.24) is 25.5 Å². The van der Waals surface area contributed by atoms with Gasteiger partial charge in [0.15, 0.2) is 5.82 Å². The van der Waals surface area contributed by atoms with Gasteiger partial charge >= 0.3 is 0 Å². The van der Waals surface area contributed by atoms with Gasteiger partial charge < -0.3 is 5.32 Å². The maximum absolute atomic E-state index is 11.5. The second-order valence-electron chi connectivity index (χ2n) is 6.48. The lowest BCUT2D eigenvalue weighted by Gasteiger charge is -2.25. The molecule has 0 amide bonds. The summed E-state index contributed by atoms with van der Waals surface area (Å²) in [6.07, 6.45) is 6.60. The number of tetrazole rings is 1. The highest BCUT2D eigenvalue weighted by Crippen LogP contribution is 2.33. The SMILES string of the molecule is CCCNC(c1ccccc1[N+](=O)[O-])c1nnnn1C1CCCCC1. The molecular weight excluding hydrogens is 320 g/mol. The molecule has 1 aliphatic carbocycles. The average Bonchev–Trinajstić information content (AvgIpc) is 3.12. The van der Waals surface area contributed by atoms with E-state index in [1.807, 2.05) is 10.7 Å². The fourth-order valence-corrected chi connectivity index (χ4v) is 3.50. The van der Waals surface area contributed by atoms with E-state index < -0.39 is 6.04 Å². The molecule has 1 fully saturated rings. The molecule has 0 radical (unpaired) electrons. The summed E-state index contributed by atoms with van der Waals surface area (Å²) in [4.78, 5) is 11.1. The highest BCUT2D eigenvalue weighted by Gasteiger charge is 2.30. The Morgan fingerprint density at radius 1 is 1.32 bits per heavy atom. The maximum atomic E-state index is 11.5. The van der Waals surface area contributed by atoms with Gasteiger partial charge in [0.2, 0.25) is 0 Å². The molecule has 3 rings (SSSR count). The summed E-state index contributed by atoms with van der Waals surface area (Å²) in [6.45, 7) is 2.79. The quantitative estimate of drug-likeness (QED) is 0.612. The molecule has 1 heterocycles.